The van der Waals surface area contributed by atoms with Crippen LogP contribution in [-0.4, -0.2) is 25.0 Å². The Labute approximate surface area is 99.4 Å². The highest BCUT2D eigenvalue weighted by Gasteiger charge is 2.28. The van der Waals surface area contributed by atoms with Gasteiger partial charge in [0.2, 0.25) is 5.91 Å². The molecule has 0 radical (unpaired) electrons. The minimum atomic E-state index is -0.235. The summed E-state index contributed by atoms with van der Waals surface area (Å²) in [5.74, 6) is 0.832. The van der Waals surface area contributed by atoms with Crippen molar-refractivity contribution in [2.24, 2.45) is 11.3 Å². The van der Waals surface area contributed by atoms with Gasteiger partial charge in [0, 0.05) is 11.5 Å². The fraction of sp³-hybridized carbons (Fsp3) is 0.923. The van der Waals surface area contributed by atoms with E-state index in [0.717, 1.165) is 19.5 Å². The van der Waals surface area contributed by atoms with Crippen LogP contribution in [0.4, 0.5) is 0 Å². The van der Waals surface area contributed by atoms with E-state index in [2.05, 4.69) is 24.5 Å². The second-order valence-corrected chi connectivity index (χ2v) is 5.59. The maximum Gasteiger partial charge on any atom is 0.225 e. The number of amides is 1. The highest BCUT2D eigenvalue weighted by molar-refractivity contribution is 5.81. The van der Waals surface area contributed by atoms with E-state index in [1.807, 2.05) is 13.8 Å². The number of hydrogen-bond donors (Lipinski definition) is 2. The molecule has 1 aliphatic rings. The second-order valence-electron chi connectivity index (χ2n) is 5.59. The normalized spacial score (nSPS) is 20.5. The molecule has 0 aliphatic carbocycles. The number of piperidine rings is 1. The van der Waals surface area contributed by atoms with Gasteiger partial charge in [0.15, 0.2) is 0 Å². The summed E-state index contributed by atoms with van der Waals surface area (Å²) >= 11 is 0. The van der Waals surface area contributed by atoms with Gasteiger partial charge in [-0.15, -0.1) is 0 Å². The van der Waals surface area contributed by atoms with Gasteiger partial charge in [-0.05, 0) is 45.2 Å². The lowest BCUT2D eigenvalue weighted by atomic mass is 9.86. The van der Waals surface area contributed by atoms with Gasteiger partial charge < -0.3 is 10.6 Å². The first kappa shape index (κ1) is 13.5. The lowest BCUT2D eigenvalue weighted by Crippen LogP contribution is -2.46. The Morgan fingerprint density at radius 3 is 2.50 bits per heavy atom. The van der Waals surface area contributed by atoms with E-state index < -0.39 is 0 Å². The molecule has 1 amide bonds. The predicted octanol–water partition coefficient (Wildman–Crippen LogP) is 1.93. The van der Waals surface area contributed by atoms with Gasteiger partial charge in [-0.3, -0.25) is 4.79 Å². The Morgan fingerprint density at radius 2 is 2.00 bits per heavy atom. The van der Waals surface area contributed by atoms with E-state index >= 15 is 0 Å². The molecule has 0 aromatic carbocycles. The Morgan fingerprint density at radius 1 is 1.44 bits per heavy atom. The zero-order valence-corrected chi connectivity index (χ0v) is 11.1. The van der Waals surface area contributed by atoms with Gasteiger partial charge in [0.1, 0.15) is 0 Å². The van der Waals surface area contributed by atoms with E-state index in [-0.39, 0.29) is 11.3 Å². The fourth-order valence-electron chi connectivity index (χ4n) is 2.02. The second kappa shape index (κ2) is 5.67. The van der Waals surface area contributed by atoms with Crippen molar-refractivity contribution < 1.29 is 4.79 Å². The van der Waals surface area contributed by atoms with Crippen LogP contribution in [0.2, 0.25) is 0 Å². The first-order valence-corrected chi connectivity index (χ1v) is 6.49. The SMILES string of the molecule is CCC(C)(C)C(=O)NC(C)C1CCNCC1. The Kier molecular flexibility index (Phi) is 4.78. The summed E-state index contributed by atoms with van der Waals surface area (Å²) in [7, 11) is 0. The molecule has 0 aromatic heterocycles. The molecule has 0 saturated carbocycles. The van der Waals surface area contributed by atoms with Gasteiger partial charge in [0.25, 0.3) is 0 Å². The quantitative estimate of drug-likeness (QED) is 0.769. The molecule has 1 saturated heterocycles. The Balaban J connectivity index is 2.43. The Hall–Kier alpha value is -0.570. The van der Waals surface area contributed by atoms with Gasteiger partial charge >= 0.3 is 0 Å². The van der Waals surface area contributed by atoms with Gasteiger partial charge in [-0.25, -0.2) is 0 Å². The summed E-state index contributed by atoms with van der Waals surface area (Å²) in [4.78, 5) is 12.0. The van der Waals surface area contributed by atoms with Crippen LogP contribution in [0.3, 0.4) is 0 Å². The summed E-state index contributed by atoms with van der Waals surface area (Å²) in [6.07, 6.45) is 3.24. The Bertz CT molecular complexity index is 232. The van der Waals surface area contributed by atoms with Crippen molar-refractivity contribution in [3.8, 4) is 0 Å². The average molecular weight is 226 g/mol. The van der Waals surface area contributed by atoms with E-state index in [9.17, 15) is 4.79 Å². The molecular weight excluding hydrogens is 200 g/mol. The number of hydrogen-bond acceptors (Lipinski definition) is 2. The molecule has 2 N–H and O–H groups in total. The van der Waals surface area contributed by atoms with Crippen LogP contribution < -0.4 is 10.6 Å². The van der Waals surface area contributed by atoms with Crippen molar-refractivity contribution in [2.45, 2.75) is 53.0 Å². The van der Waals surface area contributed by atoms with Crippen LogP contribution in [0.1, 0.15) is 47.0 Å². The van der Waals surface area contributed by atoms with E-state index in [4.69, 9.17) is 0 Å². The van der Waals surface area contributed by atoms with Crippen molar-refractivity contribution in [2.75, 3.05) is 13.1 Å². The molecule has 1 aliphatic heterocycles. The first-order valence-electron chi connectivity index (χ1n) is 6.49. The van der Waals surface area contributed by atoms with Crippen molar-refractivity contribution in [3.05, 3.63) is 0 Å². The molecule has 16 heavy (non-hydrogen) atoms. The molecule has 3 heteroatoms. The fourth-order valence-corrected chi connectivity index (χ4v) is 2.02. The van der Waals surface area contributed by atoms with Gasteiger partial charge in [-0.2, -0.15) is 0 Å². The third-order valence-electron chi connectivity index (χ3n) is 3.95. The van der Waals surface area contributed by atoms with Crippen LogP contribution in [0.5, 0.6) is 0 Å². The molecule has 1 unspecified atom stereocenters. The van der Waals surface area contributed by atoms with Crippen LogP contribution in [-0.2, 0) is 4.79 Å². The number of carbonyl (C=O) groups excluding carboxylic acids is 1. The van der Waals surface area contributed by atoms with Gasteiger partial charge in [-0.1, -0.05) is 20.8 Å². The summed E-state index contributed by atoms with van der Waals surface area (Å²) < 4.78 is 0. The van der Waals surface area contributed by atoms with Crippen molar-refractivity contribution >= 4 is 5.91 Å². The van der Waals surface area contributed by atoms with Gasteiger partial charge in [0.05, 0.1) is 0 Å². The zero-order chi connectivity index (χ0) is 12.2. The molecule has 1 atom stereocenters. The van der Waals surface area contributed by atoms with E-state index in [0.29, 0.717) is 12.0 Å². The minimum Gasteiger partial charge on any atom is -0.353 e. The summed E-state index contributed by atoms with van der Waals surface area (Å²) in [6, 6.07) is 0.306. The van der Waals surface area contributed by atoms with Crippen LogP contribution in [0.25, 0.3) is 0 Å². The maximum atomic E-state index is 12.0. The van der Waals surface area contributed by atoms with Crippen molar-refractivity contribution in [1.29, 1.82) is 0 Å². The zero-order valence-electron chi connectivity index (χ0n) is 11.1. The maximum absolute atomic E-state index is 12.0. The molecule has 3 nitrogen and oxygen atoms in total. The number of carbonyl (C=O) groups is 1. The first-order chi connectivity index (χ1) is 7.47. The molecule has 0 aromatic rings. The molecular formula is C13H26N2O. The number of nitrogens with one attached hydrogen (secondary N) is 2. The third-order valence-corrected chi connectivity index (χ3v) is 3.95. The summed E-state index contributed by atoms with van der Waals surface area (Å²) in [5, 5.41) is 6.53. The van der Waals surface area contributed by atoms with Crippen molar-refractivity contribution in [1.82, 2.24) is 10.6 Å². The smallest absolute Gasteiger partial charge is 0.225 e. The minimum absolute atomic E-state index is 0.195. The van der Waals surface area contributed by atoms with Crippen LogP contribution >= 0.6 is 0 Å². The third kappa shape index (κ3) is 3.48. The predicted molar refractivity (Wildman–Crippen MR) is 67.3 cm³/mol. The summed E-state index contributed by atoms with van der Waals surface area (Å²) in [6.45, 7) is 10.4. The molecule has 94 valence electrons. The topological polar surface area (TPSA) is 41.1 Å². The average Bonchev–Trinajstić information content (AvgIpc) is 2.30. The van der Waals surface area contributed by atoms with Crippen LogP contribution in [0, 0.1) is 11.3 Å². The van der Waals surface area contributed by atoms with Crippen molar-refractivity contribution in [3.63, 3.8) is 0 Å². The number of rotatable bonds is 4. The van der Waals surface area contributed by atoms with E-state index in [1.54, 1.807) is 0 Å². The molecule has 1 fully saturated rings. The summed E-state index contributed by atoms with van der Waals surface area (Å²) in [5.41, 5.74) is -0.235. The largest absolute Gasteiger partial charge is 0.353 e. The lowest BCUT2D eigenvalue weighted by Gasteiger charge is -2.31. The molecule has 1 heterocycles. The molecule has 0 spiro atoms. The van der Waals surface area contributed by atoms with E-state index in [1.165, 1.54) is 12.8 Å². The monoisotopic (exact) mass is 226 g/mol. The lowest BCUT2D eigenvalue weighted by molar-refractivity contribution is -0.130. The molecule has 0 bridgehead atoms. The standard InChI is InChI=1S/C13H26N2O/c1-5-13(3,4)12(16)15-10(2)11-6-8-14-9-7-11/h10-11,14H,5-9H2,1-4H3,(H,15,16). The molecule has 1 rings (SSSR count). The highest BCUT2D eigenvalue weighted by atomic mass is 16.2. The van der Waals surface area contributed by atoms with Crippen LogP contribution in [0.15, 0.2) is 0 Å². The highest BCUT2D eigenvalue weighted by Crippen LogP contribution is 2.22.